The first-order chi connectivity index (χ1) is 37.2. The minimum atomic E-state index is -4.79. The molecular formula is C64H101O11P. The smallest absolute Gasteiger partial charge is 0.462 e. The van der Waals surface area contributed by atoms with Crippen LogP contribution in [-0.2, 0) is 42.2 Å². The summed E-state index contributed by atoms with van der Waals surface area (Å²) in [6.07, 6.45) is 72.5. The molecule has 3 atom stereocenters. The number of phosphoric ester groups is 1. The fourth-order valence-electron chi connectivity index (χ4n) is 6.98. The summed E-state index contributed by atoms with van der Waals surface area (Å²) in [5.41, 5.74) is 0. The van der Waals surface area contributed by atoms with Gasteiger partial charge in [0.1, 0.15) is 12.7 Å². The molecule has 0 amide bonds. The Balaban J connectivity index is 4.89. The van der Waals surface area contributed by atoms with Gasteiger partial charge < -0.3 is 24.2 Å². The third-order valence-electron chi connectivity index (χ3n) is 11.2. The van der Waals surface area contributed by atoms with Gasteiger partial charge in [-0.1, -0.05) is 199 Å². The second-order valence-electron chi connectivity index (χ2n) is 18.3. The quantitative estimate of drug-likeness (QED) is 0.0197. The number of esters is 3. The summed E-state index contributed by atoms with van der Waals surface area (Å²) in [6, 6.07) is 0. The lowest BCUT2D eigenvalue weighted by Gasteiger charge is -2.21. The molecule has 0 bridgehead atoms. The summed E-state index contributed by atoms with van der Waals surface area (Å²) in [5, 5.41) is 9.80. The fraction of sp³-hybridized carbons (Fsp3) is 0.578. The zero-order valence-corrected chi connectivity index (χ0v) is 48.0. The van der Waals surface area contributed by atoms with Crippen LogP contribution in [0.4, 0.5) is 0 Å². The number of rotatable bonds is 51. The van der Waals surface area contributed by atoms with Crippen LogP contribution in [0.15, 0.2) is 146 Å². The third-order valence-corrected chi connectivity index (χ3v) is 12.2. The van der Waals surface area contributed by atoms with Gasteiger partial charge in [0.2, 0.25) is 0 Å². The summed E-state index contributed by atoms with van der Waals surface area (Å²) >= 11 is 0. The Kier molecular flexibility index (Phi) is 53.1. The highest BCUT2D eigenvalue weighted by molar-refractivity contribution is 7.47. The molecule has 11 nitrogen and oxygen atoms in total. The van der Waals surface area contributed by atoms with Crippen LogP contribution in [0.3, 0.4) is 0 Å². The van der Waals surface area contributed by atoms with Crippen molar-refractivity contribution < 1.29 is 52.2 Å². The molecule has 0 saturated carbocycles. The van der Waals surface area contributed by atoms with E-state index in [2.05, 4.69) is 154 Å². The first kappa shape index (κ1) is 71.4. The molecule has 12 heteroatoms. The van der Waals surface area contributed by atoms with E-state index in [-0.39, 0.29) is 25.9 Å². The summed E-state index contributed by atoms with van der Waals surface area (Å²) in [6.45, 7) is 4.16. The number of hydrogen-bond acceptors (Lipinski definition) is 10. The lowest BCUT2D eigenvalue weighted by molar-refractivity contribution is -0.161. The molecule has 0 aliphatic heterocycles. The van der Waals surface area contributed by atoms with Gasteiger partial charge in [0.25, 0.3) is 0 Å². The predicted octanol–water partition coefficient (Wildman–Crippen LogP) is 17.1. The number of unbranched alkanes of at least 4 members (excludes halogenated alkanes) is 10. The summed E-state index contributed by atoms with van der Waals surface area (Å²) in [4.78, 5) is 48.5. The lowest BCUT2D eigenvalue weighted by Crippen LogP contribution is -2.30. The number of hydrogen-bond donors (Lipinski definition) is 2. The average molecular weight is 1080 g/mol. The van der Waals surface area contributed by atoms with Crippen LogP contribution in [0.25, 0.3) is 0 Å². The Labute approximate surface area is 461 Å². The number of phosphoric acid groups is 1. The van der Waals surface area contributed by atoms with Gasteiger partial charge in [-0.2, -0.15) is 0 Å². The molecule has 0 saturated heterocycles. The molecule has 0 radical (unpaired) electrons. The normalized spacial score (nSPS) is 14.4. The van der Waals surface area contributed by atoms with Crippen LogP contribution in [0, 0.1) is 0 Å². The van der Waals surface area contributed by atoms with Gasteiger partial charge in [0.05, 0.1) is 19.8 Å². The molecule has 2 N–H and O–H groups in total. The molecule has 0 rings (SSSR count). The Hall–Kier alpha value is -4.64. The lowest BCUT2D eigenvalue weighted by atomic mass is 10.1. The maximum atomic E-state index is 12.9. The minimum Gasteiger partial charge on any atom is -0.462 e. The SMILES string of the molecule is CC/C=C\C/C=C\C/C=C\C/C=C\C/C=C\CCCC(=O)OC(COC(=O)CCCCCCCC/C=C\C/C=C\C/C=C\C/C=C\CC)COP(=O)(O)OCC(CO)OC(=O)CCCCC/C=C\C/C=C\C/C=C\CC. The molecule has 0 heterocycles. The molecule has 0 aromatic heterocycles. The highest BCUT2D eigenvalue weighted by Gasteiger charge is 2.28. The van der Waals surface area contributed by atoms with Gasteiger partial charge in [-0.3, -0.25) is 23.4 Å². The molecule has 0 fully saturated rings. The van der Waals surface area contributed by atoms with Gasteiger partial charge in [-0.05, 0) is 128 Å². The number of allylic oxidation sites excluding steroid dienone is 24. The van der Waals surface area contributed by atoms with Crippen molar-refractivity contribution in [2.45, 2.75) is 213 Å². The molecular weight excluding hydrogens is 976 g/mol. The van der Waals surface area contributed by atoms with Gasteiger partial charge >= 0.3 is 25.7 Å². The minimum absolute atomic E-state index is 0.0749. The molecule has 76 heavy (non-hydrogen) atoms. The van der Waals surface area contributed by atoms with Crippen LogP contribution in [0.2, 0.25) is 0 Å². The van der Waals surface area contributed by atoms with E-state index in [0.717, 1.165) is 135 Å². The van der Waals surface area contributed by atoms with Crippen molar-refractivity contribution in [1.82, 2.24) is 0 Å². The van der Waals surface area contributed by atoms with E-state index in [1.165, 1.54) is 0 Å². The van der Waals surface area contributed by atoms with Crippen LogP contribution in [0.1, 0.15) is 201 Å². The molecule has 0 aromatic carbocycles. The Morgan fingerprint density at radius 3 is 1.05 bits per heavy atom. The number of ether oxygens (including phenoxy) is 3. The molecule has 0 spiro atoms. The molecule has 428 valence electrons. The number of aliphatic hydroxyl groups excluding tert-OH is 1. The van der Waals surface area contributed by atoms with Crippen molar-refractivity contribution in [2.75, 3.05) is 26.4 Å². The first-order valence-corrected chi connectivity index (χ1v) is 30.2. The van der Waals surface area contributed by atoms with Crippen molar-refractivity contribution in [1.29, 1.82) is 0 Å². The van der Waals surface area contributed by atoms with Gasteiger partial charge in [-0.15, -0.1) is 0 Å². The maximum Gasteiger partial charge on any atom is 0.472 e. The van der Waals surface area contributed by atoms with E-state index < -0.39 is 57.8 Å². The van der Waals surface area contributed by atoms with Crippen molar-refractivity contribution >= 4 is 25.7 Å². The number of carbonyl (C=O) groups excluding carboxylic acids is 3. The van der Waals surface area contributed by atoms with E-state index in [0.29, 0.717) is 25.7 Å². The average Bonchev–Trinajstić information content (AvgIpc) is 3.41. The summed E-state index contributed by atoms with van der Waals surface area (Å²) in [7, 11) is -4.79. The van der Waals surface area contributed by atoms with E-state index in [9.17, 15) is 28.9 Å². The number of aliphatic hydroxyl groups is 1. The van der Waals surface area contributed by atoms with E-state index in [1.807, 2.05) is 12.2 Å². The predicted molar refractivity (Wildman–Crippen MR) is 316 cm³/mol. The van der Waals surface area contributed by atoms with Crippen LogP contribution in [-0.4, -0.2) is 66.5 Å². The van der Waals surface area contributed by atoms with Gasteiger partial charge in [0, 0.05) is 19.3 Å². The van der Waals surface area contributed by atoms with Crippen LogP contribution >= 0.6 is 7.82 Å². The Morgan fingerprint density at radius 1 is 0.368 bits per heavy atom. The highest BCUT2D eigenvalue weighted by Crippen LogP contribution is 2.43. The number of carbonyl (C=O) groups is 3. The van der Waals surface area contributed by atoms with Crippen molar-refractivity contribution in [3.63, 3.8) is 0 Å². The highest BCUT2D eigenvalue weighted by atomic mass is 31.2. The summed E-state index contributed by atoms with van der Waals surface area (Å²) in [5.74, 6) is -1.60. The Morgan fingerprint density at radius 2 is 0.658 bits per heavy atom. The molecule has 3 unspecified atom stereocenters. The third kappa shape index (κ3) is 54.2. The second kappa shape index (κ2) is 56.6. The van der Waals surface area contributed by atoms with Crippen LogP contribution < -0.4 is 0 Å². The molecule has 0 aromatic rings. The first-order valence-electron chi connectivity index (χ1n) is 28.7. The van der Waals surface area contributed by atoms with Crippen molar-refractivity contribution in [3.8, 4) is 0 Å². The van der Waals surface area contributed by atoms with Crippen molar-refractivity contribution in [2.24, 2.45) is 0 Å². The largest absolute Gasteiger partial charge is 0.472 e. The summed E-state index contributed by atoms with van der Waals surface area (Å²) < 4.78 is 39.4. The zero-order chi connectivity index (χ0) is 55.5. The van der Waals surface area contributed by atoms with Crippen LogP contribution in [0.5, 0.6) is 0 Å². The van der Waals surface area contributed by atoms with Gasteiger partial charge in [0.15, 0.2) is 6.10 Å². The topological polar surface area (TPSA) is 155 Å². The van der Waals surface area contributed by atoms with Crippen molar-refractivity contribution in [3.05, 3.63) is 146 Å². The molecule has 0 aliphatic rings. The molecule has 0 aliphatic carbocycles. The van der Waals surface area contributed by atoms with E-state index >= 15 is 0 Å². The maximum absolute atomic E-state index is 12.9. The zero-order valence-electron chi connectivity index (χ0n) is 47.2. The fourth-order valence-corrected chi connectivity index (χ4v) is 7.77. The standard InChI is InChI=1S/C64H101O11P/c1-4-7-10-13-16-19-22-25-27-29-30-32-33-36-38-41-44-47-50-53-62(66)71-57-61(75-64(68)55-52-49-46-43-40-37-34-31-28-26-23-20-17-14-11-8-5-2)59-73-76(69,70)72-58-60(56-65)74-63(67)54-51-48-45-42-39-35-24-21-18-15-12-9-6-3/h7-12,16-21,25-28,30,32,34-35,37,39,43,46,60-61,65H,4-6,13-15,22-24,29,31,33,36,38,40-42,44-45,47-59H2,1-3H3,(H,69,70)/b10-7-,11-8-,12-9-,19-16-,20-17-,21-18-,27-25-,28-26-,32-30-,37-34-,39-35-,46-43-. The van der Waals surface area contributed by atoms with Gasteiger partial charge in [-0.25, -0.2) is 4.57 Å². The Bertz CT molecular complexity index is 1830. The van der Waals surface area contributed by atoms with E-state index in [4.69, 9.17) is 23.3 Å². The monoisotopic (exact) mass is 1080 g/mol. The second-order valence-corrected chi connectivity index (χ2v) is 19.8. The van der Waals surface area contributed by atoms with E-state index in [1.54, 1.807) is 0 Å².